The smallest absolute Gasteiger partial charge is 0.254 e. The van der Waals surface area contributed by atoms with Crippen molar-refractivity contribution in [1.29, 1.82) is 5.26 Å². The predicted octanol–water partition coefficient (Wildman–Crippen LogP) is 3.20. The zero-order valence-electron chi connectivity index (χ0n) is 13.1. The van der Waals surface area contributed by atoms with Gasteiger partial charge in [0.1, 0.15) is 0 Å². The average molecular weight is 288 g/mol. The number of carbonyl (C=O) groups excluding carboxylic acids is 1. The largest absolute Gasteiger partial charge is 0.378 e. The zero-order valence-corrected chi connectivity index (χ0v) is 13.1. The van der Waals surface area contributed by atoms with E-state index < -0.39 is 0 Å². The van der Waals surface area contributed by atoms with Crippen LogP contribution in [0.15, 0.2) is 24.3 Å². The Labute approximate surface area is 127 Å². The molecule has 1 heterocycles. The van der Waals surface area contributed by atoms with Gasteiger partial charge in [0.2, 0.25) is 0 Å². The van der Waals surface area contributed by atoms with Crippen LogP contribution >= 0.6 is 0 Å². The van der Waals surface area contributed by atoms with Crippen molar-refractivity contribution in [3.63, 3.8) is 0 Å². The van der Waals surface area contributed by atoms with Gasteiger partial charge in [-0.25, -0.2) is 0 Å². The molecule has 114 valence electrons. The maximum Gasteiger partial charge on any atom is 0.254 e. The van der Waals surface area contributed by atoms with Gasteiger partial charge in [-0.3, -0.25) is 4.79 Å². The van der Waals surface area contributed by atoms with E-state index in [-0.39, 0.29) is 11.8 Å². The molecule has 4 nitrogen and oxygen atoms in total. The van der Waals surface area contributed by atoms with Crippen molar-refractivity contribution in [2.75, 3.05) is 26.3 Å². The molecule has 1 amide bonds. The van der Waals surface area contributed by atoms with Gasteiger partial charge in [0.05, 0.1) is 19.3 Å². The molecule has 0 N–H and O–H groups in total. The lowest BCUT2D eigenvalue weighted by Gasteiger charge is -2.27. The van der Waals surface area contributed by atoms with Crippen LogP contribution < -0.4 is 0 Å². The molecule has 1 atom stereocenters. The molecule has 0 aliphatic carbocycles. The number of morpholine rings is 1. The van der Waals surface area contributed by atoms with Crippen LogP contribution in [0.2, 0.25) is 0 Å². The number of nitrogens with zero attached hydrogens (tertiary/aromatic N) is 2. The summed E-state index contributed by atoms with van der Waals surface area (Å²) >= 11 is 0. The quantitative estimate of drug-likeness (QED) is 0.858. The van der Waals surface area contributed by atoms with Gasteiger partial charge < -0.3 is 9.64 Å². The molecule has 1 aliphatic heterocycles. The molecule has 21 heavy (non-hydrogen) atoms. The fourth-order valence-electron chi connectivity index (χ4n) is 2.18. The number of rotatable bonds is 3. The number of hydrogen-bond donors (Lipinski definition) is 0. The number of benzene rings is 1. The highest BCUT2D eigenvalue weighted by Gasteiger charge is 2.19. The van der Waals surface area contributed by atoms with E-state index in [1.165, 1.54) is 0 Å². The third-order valence-corrected chi connectivity index (χ3v) is 3.40. The summed E-state index contributed by atoms with van der Waals surface area (Å²) in [6.45, 7) is 8.52. The molecule has 1 fully saturated rings. The molecule has 0 bridgehead atoms. The first kappa shape index (κ1) is 17.2. The summed E-state index contributed by atoms with van der Waals surface area (Å²) in [7, 11) is 0. The summed E-state index contributed by atoms with van der Waals surface area (Å²) in [5, 5.41) is 8.74. The fraction of sp³-hybridized carbons (Fsp3) is 0.529. The predicted molar refractivity (Wildman–Crippen MR) is 83.2 cm³/mol. The summed E-state index contributed by atoms with van der Waals surface area (Å²) in [5.41, 5.74) is 1.74. The van der Waals surface area contributed by atoms with Crippen LogP contribution in [0.4, 0.5) is 0 Å². The number of amides is 1. The molecule has 1 saturated heterocycles. The molecular weight excluding hydrogens is 264 g/mol. The molecule has 1 aliphatic rings. The maximum atomic E-state index is 12.3. The van der Waals surface area contributed by atoms with Gasteiger partial charge in [-0.15, -0.1) is 0 Å². The maximum absolute atomic E-state index is 12.3. The fourth-order valence-corrected chi connectivity index (χ4v) is 2.18. The highest BCUT2D eigenvalue weighted by atomic mass is 16.5. The van der Waals surface area contributed by atoms with Gasteiger partial charge in [0.15, 0.2) is 0 Å². The number of nitriles is 1. The lowest BCUT2D eigenvalue weighted by molar-refractivity contribution is 0.0303. The zero-order chi connectivity index (χ0) is 15.7. The Morgan fingerprint density at radius 3 is 2.67 bits per heavy atom. The van der Waals surface area contributed by atoms with E-state index in [9.17, 15) is 4.79 Å². The van der Waals surface area contributed by atoms with Crippen LogP contribution in [0, 0.1) is 11.3 Å². The van der Waals surface area contributed by atoms with E-state index in [1.807, 2.05) is 49.9 Å². The topological polar surface area (TPSA) is 53.3 Å². The Morgan fingerprint density at radius 2 is 2.05 bits per heavy atom. The minimum atomic E-state index is 0.0503. The normalized spacial score (nSPS) is 15.4. The molecule has 1 unspecified atom stereocenters. The third kappa shape index (κ3) is 4.87. The first-order valence-electron chi connectivity index (χ1n) is 7.56. The number of hydrogen-bond acceptors (Lipinski definition) is 3. The van der Waals surface area contributed by atoms with Crippen molar-refractivity contribution in [2.45, 2.75) is 33.1 Å². The number of carbonyl (C=O) groups is 1. The van der Waals surface area contributed by atoms with E-state index in [0.717, 1.165) is 5.56 Å². The second-order valence-corrected chi connectivity index (χ2v) is 4.79. The Kier molecular flexibility index (Phi) is 7.49. The van der Waals surface area contributed by atoms with Gasteiger partial charge >= 0.3 is 0 Å². The first-order chi connectivity index (χ1) is 10.2. The van der Waals surface area contributed by atoms with Gasteiger partial charge in [0, 0.05) is 25.1 Å². The molecule has 1 aromatic rings. The molecule has 1 aromatic carbocycles. The van der Waals surface area contributed by atoms with Gasteiger partial charge in [-0.2, -0.15) is 5.26 Å². The number of ether oxygens (including phenoxy) is 1. The molecule has 4 heteroatoms. The van der Waals surface area contributed by atoms with E-state index in [1.54, 1.807) is 0 Å². The summed E-state index contributed by atoms with van der Waals surface area (Å²) in [6, 6.07) is 9.76. The second-order valence-electron chi connectivity index (χ2n) is 4.79. The standard InChI is InChI=1S/C15H18N2O2.C2H6/c1-12(5-6-16)13-3-2-4-14(11-13)15(18)17-7-9-19-10-8-17;1-2/h2-4,11-12H,5,7-10H2,1H3;1-2H3. The van der Waals surface area contributed by atoms with Crippen LogP contribution in [0.5, 0.6) is 0 Å². The summed E-state index contributed by atoms with van der Waals surface area (Å²) in [6.07, 6.45) is 0.467. The Balaban J connectivity index is 0.00000106. The third-order valence-electron chi connectivity index (χ3n) is 3.40. The van der Waals surface area contributed by atoms with Gasteiger partial charge in [-0.05, 0) is 23.6 Å². The van der Waals surface area contributed by atoms with Gasteiger partial charge in [-0.1, -0.05) is 32.9 Å². The van der Waals surface area contributed by atoms with Crippen molar-refractivity contribution in [1.82, 2.24) is 4.90 Å². The second kappa shape index (κ2) is 9.15. The lowest BCUT2D eigenvalue weighted by atomic mass is 9.96. The molecule has 0 spiro atoms. The molecule has 0 saturated carbocycles. The molecule has 0 radical (unpaired) electrons. The van der Waals surface area contributed by atoms with Crippen molar-refractivity contribution in [3.8, 4) is 6.07 Å². The molecular formula is C17H24N2O2. The van der Waals surface area contributed by atoms with Crippen molar-refractivity contribution in [2.24, 2.45) is 0 Å². The highest BCUT2D eigenvalue weighted by Crippen LogP contribution is 2.20. The average Bonchev–Trinajstić information content (AvgIpc) is 2.57. The minimum Gasteiger partial charge on any atom is -0.378 e. The van der Waals surface area contributed by atoms with Crippen LogP contribution in [0.25, 0.3) is 0 Å². The Hall–Kier alpha value is -1.86. The Bertz CT molecular complexity index is 488. The molecule has 0 aromatic heterocycles. The van der Waals surface area contributed by atoms with Crippen LogP contribution in [0.3, 0.4) is 0 Å². The highest BCUT2D eigenvalue weighted by molar-refractivity contribution is 5.94. The monoisotopic (exact) mass is 288 g/mol. The first-order valence-corrected chi connectivity index (χ1v) is 7.56. The van der Waals surface area contributed by atoms with Crippen LogP contribution in [-0.4, -0.2) is 37.1 Å². The van der Waals surface area contributed by atoms with E-state index in [0.29, 0.717) is 38.3 Å². The van der Waals surface area contributed by atoms with Crippen molar-refractivity contribution in [3.05, 3.63) is 35.4 Å². The van der Waals surface area contributed by atoms with E-state index >= 15 is 0 Å². The Morgan fingerprint density at radius 1 is 1.38 bits per heavy atom. The minimum absolute atomic E-state index is 0.0503. The van der Waals surface area contributed by atoms with Crippen molar-refractivity contribution < 1.29 is 9.53 Å². The summed E-state index contributed by atoms with van der Waals surface area (Å²) < 4.78 is 5.25. The summed E-state index contributed by atoms with van der Waals surface area (Å²) in [5.74, 6) is 0.205. The van der Waals surface area contributed by atoms with E-state index in [2.05, 4.69) is 6.07 Å². The van der Waals surface area contributed by atoms with Crippen LogP contribution in [-0.2, 0) is 4.74 Å². The SMILES string of the molecule is CC.CC(CC#N)c1cccc(C(=O)N2CCOCC2)c1. The van der Waals surface area contributed by atoms with Crippen LogP contribution in [0.1, 0.15) is 49.0 Å². The lowest BCUT2D eigenvalue weighted by Crippen LogP contribution is -2.40. The summed E-state index contributed by atoms with van der Waals surface area (Å²) in [4.78, 5) is 14.2. The molecule has 2 rings (SSSR count). The van der Waals surface area contributed by atoms with E-state index in [4.69, 9.17) is 10.00 Å². The van der Waals surface area contributed by atoms with Gasteiger partial charge in [0.25, 0.3) is 5.91 Å². The van der Waals surface area contributed by atoms with Crippen molar-refractivity contribution >= 4 is 5.91 Å².